The average molecular weight is 297 g/mol. The number of rotatable bonds is 4. The summed E-state index contributed by atoms with van der Waals surface area (Å²) in [4.78, 5) is 14.6. The van der Waals surface area contributed by atoms with E-state index in [1.165, 1.54) is 11.5 Å². The van der Waals surface area contributed by atoms with Crippen LogP contribution < -0.4 is 10.1 Å². The van der Waals surface area contributed by atoms with Crippen molar-refractivity contribution in [3.05, 3.63) is 27.3 Å². The summed E-state index contributed by atoms with van der Waals surface area (Å²) in [5.41, 5.74) is 1.94. The number of aromatic nitrogens is 1. The summed E-state index contributed by atoms with van der Waals surface area (Å²) in [6.07, 6.45) is 0. The van der Waals surface area contributed by atoms with Crippen molar-refractivity contribution in [2.24, 2.45) is 0 Å². The zero-order chi connectivity index (χ0) is 13.8. The maximum atomic E-state index is 12.0. The number of nitrogens with one attached hydrogen (secondary N) is 1. The number of amides is 2. The molecule has 2 heterocycles. The van der Waals surface area contributed by atoms with Gasteiger partial charge >= 0.3 is 6.03 Å². The summed E-state index contributed by atoms with van der Waals surface area (Å²) in [5, 5.41) is 6.81. The Balaban J connectivity index is 1.94. The highest BCUT2D eigenvalue weighted by Gasteiger charge is 2.12. The van der Waals surface area contributed by atoms with Crippen LogP contribution in [0.1, 0.15) is 10.4 Å². The third-order valence-electron chi connectivity index (χ3n) is 2.58. The predicted octanol–water partition coefficient (Wildman–Crippen LogP) is 3.19. The van der Waals surface area contributed by atoms with Gasteiger partial charge in [0.05, 0.1) is 19.3 Å². The Labute approximate surface area is 120 Å². The second-order valence-electron chi connectivity index (χ2n) is 4.09. The van der Waals surface area contributed by atoms with Gasteiger partial charge < -0.3 is 15.0 Å². The molecule has 5 nitrogen and oxygen atoms in total. The summed E-state index contributed by atoms with van der Waals surface area (Å²) in [6.45, 7) is 2.48. The van der Waals surface area contributed by atoms with E-state index < -0.39 is 0 Å². The monoisotopic (exact) mass is 297 g/mol. The highest BCUT2D eigenvalue weighted by Crippen LogP contribution is 2.21. The second kappa shape index (κ2) is 6.03. The molecule has 0 spiro atoms. The van der Waals surface area contributed by atoms with Crippen LogP contribution in [0.15, 0.2) is 16.8 Å². The van der Waals surface area contributed by atoms with Crippen LogP contribution in [-0.4, -0.2) is 29.5 Å². The molecule has 2 aromatic rings. The first-order valence-electron chi connectivity index (χ1n) is 5.64. The second-order valence-corrected chi connectivity index (χ2v) is 5.72. The lowest BCUT2D eigenvalue weighted by molar-refractivity contribution is 0.221. The van der Waals surface area contributed by atoms with E-state index in [9.17, 15) is 4.79 Å². The van der Waals surface area contributed by atoms with Crippen molar-refractivity contribution in [2.75, 3.05) is 19.5 Å². The molecule has 2 rings (SSSR count). The van der Waals surface area contributed by atoms with Gasteiger partial charge in [0.2, 0.25) is 5.88 Å². The van der Waals surface area contributed by atoms with Crippen molar-refractivity contribution in [3.8, 4) is 5.88 Å². The van der Waals surface area contributed by atoms with Gasteiger partial charge in [0.1, 0.15) is 0 Å². The van der Waals surface area contributed by atoms with E-state index in [0.29, 0.717) is 12.4 Å². The largest absolute Gasteiger partial charge is 0.480 e. The van der Waals surface area contributed by atoms with Crippen molar-refractivity contribution < 1.29 is 9.53 Å². The maximum absolute atomic E-state index is 12.0. The van der Waals surface area contributed by atoms with Crippen molar-refractivity contribution in [3.63, 3.8) is 0 Å². The van der Waals surface area contributed by atoms with E-state index in [0.717, 1.165) is 16.1 Å². The van der Waals surface area contributed by atoms with Gasteiger partial charge in [-0.1, -0.05) is 0 Å². The molecule has 2 amide bonds. The van der Waals surface area contributed by atoms with Crippen LogP contribution in [0.5, 0.6) is 5.88 Å². The van der Waals surface area contributed by atoms with Gasteiger partial charge in [-0.15, -0.1) is 11.3 Å². The molecule has 0 aliphatic heterocycles. The fourth-order valence-electron chi connectivity index (χ4n) is 1.47. The molecule has 0 atom stereocenters. The minimum atomic E-state index is -0.131. The molecule has 0 aliphatic carbocycles. The van der Waals surface area contributed by atoms with Crippen LogP contribution in [0.25, 0.3) is 0 Å². The predicted molar refractivity (Wildman–Crippen MR) is 78.2 cm³/mol. The molecule has 0 unspecified atom stereocenters. The number of hydrogen-bond acceptors (Lipinski definition) is 5. The number of carbonyl (C=O) groups is 1. The number of hydrogen-bond donors (Lipinski definition) is 1. The molecule has 0 aromatic carbocycles. The van der Waals surface area contributed by atoms with E-state index in [-0.39, 0.29) is 6.03 Å². The van der Waals surface area contributed by atoms with Gasteiger partial charge in [-0.2, -0.15) is 4.37 Å². The zero-order valence-corrected chi connectivity index (χ0v) is 12.6. The number of ether oxygens (including phenoxy) is 1. The molecule has 1 N–H and O–H groups in total. The first-order chi connectivity index (χ1) is 9.10. The highest BCUT2D eigenvalue weighted by atomic mass is 32.1. The van der Waals surface area contributed by atoms with E-state index in [2.05, 4.69) is 9.69 Å². The number of urea groups is 1. The summed E-state index contributed by atoms with van der Waals surface area (Å²) in [6, 6.07) is 1.71. The number of thiophene rings is 1. The molecule has 0 saturated carbocycles. The van der Waals surface area contributed by atoms with Gasteiger partial charge in [0, 0.05) is 23.4 Å². The van der Waals surface area contributed by atoms with Gasteiger partial charge in [0.15, 0.2) is 0 Å². The summed E-state index contributed by atoms with van der Waals surface area (Å²) in [7, 11) is 3.33. The van der Waals surface area contributed by atoms with Crippen LogP contribution in [0.2, 0.25) is 0 Å². The SMILES string of the molecule is COc1cc(CN(C)C(=O)Nc2cscc2C)sn1. The van der Waals surface area contributed by atoms with Crippen LogP contribution >= 0.6 is 22.9 Å². The number of methoxy groups -OCH3 is 1. The molecule has 7 heteroatoms. The molecule has 2 aromatic heterocycles. The standard InChI is InChI=1S/C12H15N3O2S2/c1-8-6-18-7-10(8)13-12(16)15(2)5-9-4-11(17-3)14-19-9/h4,6-7H,5H2,1-3H3,(H,13,16). The molecule has 0 radical (unpaired) electrons. The average Bonchev–Trinajstić information content (AvgIpc) is 2.99. The molecule has 0 saturated heterocycles. The molecular weight excluding hydrogens is 282 g/mol. The van der Waals surface area contributed by atoms with Gasteiger partial charge in [0.25, 0.3) is 0 Å². The van der Waals surface area contributed by atoms with Gasteiger partial charge in [-0.3, -0.25) is 0 Å². The van der Waals surface area contributed by atoms with E-state index in [4.69, 9.17) is 4.74 Å². The van der Waals surface area contributed by atoms with Gasteiger partial charge in [-0.25, -0.2) is 4.79 Å². The van der Waals surface area contributed by atoms with E-state index >= 15 is 0 Å². The molecule has 0 fully saturated rings. The number of nitrogens with zero attached hydrogens (tertiary/aromatic N) is 2. The lowest BCUT2D eigenvalue weighted by Gasteiger charge is -2.16. The van der Waals surface area contributed by atoms with Crippen LogP contribution in [0.4, 0.5) is 10.5 Å². The third kappa shape index (κ3) is 3.45. The normalized spacial score (nSPS) is 10.3. The minimum Gasteiger partial charge on any atom is -0.480 e. The summed E-state index contributed by atoms with van der Waals surface area (Å²) < 4.78 is 9.12. The Bertz CT molecular complexity index is 565. The highest BCUT2D eigenvalue weighted by molar-refractivity contribution is 7.08. The van der Waals surface area contributed by atoms with Crippen molar-refractivity contribution in [1.29, 1.82) is 0 Å². The summed E-state index contributed by atoms with van der Waals surface area (Å²) >= 11 is 2.91. The molecule has 0 aliphatic rings. The van der Waals surface area contributed by atoms with Crippen LogP contribution in [-0.2, 0) is 6.54 Å². The van der Waals surface area contributed by atoms with Crippen molar-refractivity contribution in [1.82, 2.24) is 9.27 Å². The Kier molecular flexibility index (Phi) is 4.39. The first-order valence-corrected chi connectivity index (χ1v) is 7.36. The maximum Gasteiger partial charge on any atom is 0.321 e. The first kappa shape index (κ1) is 13.8. The minimum absolute atomic E-state index is 0.131. The topological polar surface area (TPSA) is 54.5 Å². The number of aryl methyl sites for hydroxylation is 1. The van der Waals surface area contributed by atoms with Crippen LogP contribution in [0, 0.1) is 6.92 Å². The van der Waals surface area contributed by atoms with E-state index in [1.54, 1.807) is 30.4 Å². The Morgan fingerprint density at radius 1 is 1.53 bits per heavy atom. The fourth-order valence-corrected chi connectivity index (χ4v) is 2.99. The fraction of sp³-hybridized carbons (Fsp3) is 0.333. The lowest BCUT2D eigenvalue weighted by atomic mass is 10.3. The molecule has 19 heavy (non-hydrogen) atoms. The Morgan fingerprint density at radius 3 is 2.89 bits per heavy atom. The van der Waals surface area contributed by atoms with Gasteiger partial charge in [-0.05, 0) is 29.4 Å². The lowest BCUT2D eigenvalue weighted by Crippen LogP contribution is -2.30. The van der Waals surface area contributed by atoms with Crippen LogP contribution in [0.3, 0.4) is 0 Å². The smallest absolute Gasteiger partial charge is 0.321 e. The molecule has 0 bridgehead atoms. The van der Waals surface area contributed by atoms with E-state index in [1.807, 2.05) is 23.8 Å². The Morgan fingerprint density at radius 2 is 2.32 bits per heavy atom. The molecular formula is C12H15N3O2S2. The van der Waals surface area contributed by atoms with Crippen molar-refractivity contribution in [2.45, 2.75) is 13.5 Å². The number of anilines is 1. The third-order valence-corrected chi connectivity index (χ3v) is 4.20. The quantitative estimate of drug-likeness (QED) is 0.943. The molecule has 102 valence electrons. The zero-order valence-electron chi connectivity index (χ0n) is 11.0. The van der Waals surface area contributed by atoms with Crippen molar-refractivity contribution >= 4 is 34.6 Å². The Hall–Kier alpha value is -1.60. The number of carbonyl (C=O) groups excluding carboxylic acids is 1. The summed E-state index contributed by atoms with van der Waals surface area (Å²) in [5.74, 6) is 0.586.